The first-order valence-electron chi connectivity index (χ1n) is 2.99. The second-order valence-corrected chi connectivity index (χ2v) is 3.12. The lowest BCUT2D eigenvalue weighted by Gasteiger charge is -1.83. The third kappa shape index (κ3) is 1.33. The first kappa shape index (κ1) is 7.63. The standard InChI is InChI=1S/C6H9FN2S/c1-4-5(2-7)10-6(3-8)9-4/h2-3,8H2,1H3. The van der Waals surface area contributed by atoms with Crippen LogP contribution >= 0.6 is 11.3 Å². The molecular formula is C6H9FN2S. The molecule has 0 aliphatic rings. The molecule has 0 bridgehead atoms. The van der Waals surface area contributed by atoms with E-state index in [2.05, 4.69) is 4.98 Å². The number of hydrogen-bond donors (Lipinski definition) is 1. The highest BCUT2D eigenvalue weighted by Gasteiger charge is 2.04. The predicted octanol–water partition coefficient (Wildman–Crippen LogP) is 1.38. The van der Waals surface area contributed by atoms with E-state index in [0.29, 0.717) is 11.4 Å². The van der Waals surface area contributed by atoms with Crippen LogP contribution in [0.2, 0.25) is 0 Å². The molecule has 0 aliphatic carbocycles. The van der Waals surface area contributed by atoms with Crippen molar-refractivity contribution in [1.29, 1.82) is 0 Å². The van der Waals surface area contributed by atoms with Crippen LogP contribution in [0.1, 0.15) is 15.6 Å². The SMILES string of the molecule is Cc1nc(CN)sc1CF. The summed E-state index contributed by atoms with van der Waals surface area (Å²) in [4.78, 5) is 4.75. The van der Waals surface area contributed by atoms with Crippen molar-refractivity contribution in [3.05, 3.63) is 15.6 Å². The Labute approximate surface area is 62.9 Å². The van der Waals surface area contributed by atoms with Crippen LogP contribution in [0.4, 0.5) is 4.39 Å². The second kappa shape index (κ2) is 3.07. The summed E-state index contributed by atoms with van der Waals surface area (Å²) in [6.45, 7) is 1.78. The second-order valence-electron chi connectivity index (χ2n) is 1.95. The number of rotatable bonds is 2. The average Bonchev–Trinajstić information content (AvgIpc) is 2.30. The summed E-state index contributed by atoms with van der Waals surface area (Å²) in [5.74, 6) is 0. The van der Waals surface area contributed by atoms with Gasteiger partial charge in [0, 0.05) is 6.54 Å². The van der Waals surface area contributed by atoms with Crippen molar-refractivity contribution in [2.75, 3.05) is 0 Å². The Morgan fingerprint density at radius 1 is 1.70 bits per heavy atom. The van der Waals surface area contributed by atoms with Gasteiger partial charge in [0.2, 0.25) is 0 Å². The average molecular weight is 160 g/mol. The highest BCUT2D eigenvalue weighted by molar-refractivity contribution is 7.11. The minimum absolute atomic E-state index is 0.408. The molecule has 0 atom stereocenters. The molecule has 0 aromatic carbocycles. The van der Waals surface area contributed by atoms with Gasteiger partial charge in [-0.1, -0.05) is 0 Å². The number of halogens is 1. The predicted molar refractivity (Wildman–Crippen MR) is 39.6 cm³/mol. The van der Waals surface area contributed by atoms with Crippen LogP contribution in [0.15, 0.2) is 0 Å². The Bertz CT molecular complexity index is 222. The molecule has 0 saturated carbocycles. The summed E-state index contributed by atoms with van der Waals surface area (Å²) in [7, 11) is 0. The van der Waals surface area contributed by atoms with Gasteiger partial charge in [0.05, 0.1) is 10.6 Å². The van der Waals surface area contributed by atoms with Crippen molar-refractivity contribution in [3.8, 4) is 0 Å². The molecule has 4 heteroatoms. The van der Waals surface area contributed by atoms with Gasteiger partial charge in [0.15, 0.2) is 0 Å². The van der Waals surface area contributed by atoms with Crippen molar-refractivity contribution in [1.82, 2.24) is 4.98 Å². The molecule has 0 fully saturated rings. The van der Waals surface area contributed by atoms with Gasteiger partial charge in [-0.2, -0.15) is 0 Å². The number of aryl methyl sites for hydroxylation is 1. The summed E-state index contributed by atoms with van der Waals surface area (Å²) in [6, 6.07) is 0. The molecule has 56 valence electrons. The Kier molecular flexibility index (Phi) is 2.34. The van der Waals surface area contributed by atoms with E-state index in [1.807, 2.05) is 0 Å². The smallest absolute Gasteiger partial charge is 0.126 e. The maximum atomic E-state index is 12.1. The molecule has 2 N–H and O–H groups in total. The van der Waals surface area contributed by atoms with Crippen LogP contribution in [0.3, 0.4) is 0 Å². The molecule has 1 heterocycles. The zero-order valence-corrected chi connectivity index (χ0v) is 6.54. The lowest BCUT2D eigenvalue weighted by atomic mass is 10.4. The zero-order chi connectivity index (χ0) is 7.56. The molecule has 0 amide bonds. The molecule has 10 heavy (non-hydrogen) atoms. The van der Waals surface area contributed by atoms with Gasteiger partial charge in [-0.25, -0.2) is 9.37 Å². The Morgan fingerprint density at radius 3 is 2.70 bits per heavy atom. The fourth-order valence-corrected chi connectivity index (χ4v) is 1.50. The van der Waals surface area contributed by atoms with Crippen LogP contribution < -0.4 is 5.73 Å². The van der Waals surface area contributed by atoms with Gasteiger partial charge >= 0.3 is 0 Å². The number of hydrogen-bond acceptors (Lipinski definition) is 3. The van der Waals surface area contributed by atoms with E-state index >= 15 is 0 Å². The topological polar surface area (TPSA) is 38.9 Å². The first-order valence-corrected chi connectivity index (χ1v) is 3.80. The van der Waals surface area contributed by atoms with Crippen molar-refractivity contribution in [3.63, 3.8) is 0 Å². The van der Waals surface area contributed by atoms with Crippen LogP contribution in [-0.2, 0) is 13.2 Å². The van der Waals surface area contributed by atoms with E-state index in [-0.39, 0.29) is 0 Å². The van der Waals surface area contributed by atoms with Crippen molar-refractivity contribution in [2.24, 2.45) is 5.73 Å². The van der Waals surface area contributed by atoms with E-state index in [0.717, 1.165) is 10.7 Å². The Hall–Kier alpha value is -0.480. The summed E-state index contributed by atoms with van der Waals surface area (Å²) in [5, 5.41) is 0.810. The van der Waals surface area contributed by atoms with Crippen LogP contribution in [0.25, 0.3) is 0 Å². The molecular weight excluding hydrogens is 151 g/mol. The normalized spacial score (nSPS) is 10.3. The molecule has 1 aromatic heterocycles. The lowest BCUT2D eigenvalue weighted by molar-refractivity contribution is 0.489. The number of nitrogens with two attached hydrogens (primary N) is 1. The van der Waals surface area contributed by atoms with Gasteiger partial charge in [-0.05, 0) is 6.92 Å². The van der Waals surface area contributed by atoms with Gasteiger partial charge < -0.3 is 5.73 Å². The largest absolute Gasteiger partial charge is 0.325 e. The quantitative estimate of drug-likeness (QED) is 0.709. The Balaban J connectivity index is 2.92. The van der Waals surface area contributed by atoms with Gasteiger partial charge in [-0.3, -0.25) is 0 Å². The van der Waals surface area contributed by atoms with E-state index in [4.69, 9.17) is 5.73 Å². The molecule has 0 unspecified atom stereocenters. The lowest BCUT2D eigenvalue weighted by Crippen LogP contribution is -1.94. The number of alkyl halides is 1. The van der Waals surface area contributed by atoms with E-state index in [1.54, 1.807) is 6.92 Å². The van der Waals surface area contributed by atoms with Gasteiger partial charge in [0.1, 0.15) is 11.7 Å². The summed E-state index contributed by atoms with van der Waals surface area (Å²) in [6.07, 6.45) is 0. The summed E-state index contributed by atoms with van der Waals surface area (Å²) in [5.41, 5.74) is 6.08. The highest BCUT2D eigenvalue weighted by Crippen LogP contribution is 2.17. The highest BCUT2D eigenvalue weighted by atomic mass is 32.1. The van der Waals surface area contributed by atoms with Gasteiger partial charge in [-0.15, -0.1) is 11.3 Å². The van der Waals surface area contributed by atoms with Crippen LogP contribution in [-0.4, -0.2) is 4.98 Å². The summed E-state index contributed by atoms with van der Waals surface area (Å²) < 4.78 is 12.1. The Morgan fingerprint density at radius 2 is 2.40 bits per heavy atom. The molecule has 0 spiro atoms. The van der Waals surface area contributed by atoms with E-state index in [9.17, 15) is 4.39 Å². The molecule has 0 aliphatic heterocycles. The fraction of sp³-hybridized carbons (Fsp3) is 0.500. The molecule has 0 saturated heterocycles. The number of thiazole rings is 1. The first-order chi connectivity index (χ1) is 4.77. The maximum Gasteiger partial charge on any atom is 0.126 e. The summed E-state index contributed by atoms with van der Waals surface area (Å²) >= 11 is 1.35. The van der Waals surface area contributed by atoms with Crippen molar-refractivity contribution < 1.29 is 4.39 Å². The van der Waals surface area contributed by atoms with E-state index < -0.39 is 6.67 Å². The molecule has 0 radical (unpaired) electrons. The third-order valence-electron chi connectivity index (χ3n) is 1.23. The number of aromatic nitrogens is 1. The van der Waals surface area contributed by atoms with E-state index in [1.165, 1.54) is 11.3 Å². The molecule has 2 nitrogen and oxygen atoms in total. The minimum atomic E-state index is -0.427. The van der Waals surface area contributed by atoms with Crippen molar-refractivity contribution >= 4 is 11.3 Å². The number of nitrogens with zero attached hydrogens (tertiary/aromatic N) is 1. The van der Waals surface area contributed by atoms with Gasteiger partial charge in [0.25, 0.3) is 0 Å². The van der Waals surface area contributed by atoms with Crippen LogP contribution in [0.5, 0.6) is 0 Å². The minimum Gasteiger partial charge on any atom is -0.325 e. The van der Waals surface area contributed by atoms with Crippen molar-refractivity contribution in [2.45, 2.75) is 20.1 Å². The zero-order valence-electron chi connectivity index (χ0n) is 5.72. The molecule has 1 rings (SSSR count). The third-order valence-corrected chi connectivity index (χ3v) is 2.38. The van der Waals surface area contributed by atoms with Crippen LogP contribution in [0, 0.1) is 6.92 Å². The monoisotopic (exact) mass is 160 g/mol. The fourth-order valence-electron chi connectivity index (χ4n) is 0.700. The maximum absolute atomic E-state index is 12.1. The molecule has 1 aromatic rings.